The van der Waals surface area contributed by atoms with E-state index in [0.29, 0.717) is 16.9 Å². The zero-order chi connectivity index (χ0) is 19.6. The summed E-state index contributed by atoms with van der Waals surface area (Å²) in [7, 11) is 0. The number of hydrogen-bond acceptors (Lipinski definition) is 5. The van der Waals surface area contributed by atoms with E-state index in [4.69, 9.17) is 20.8 Å². The Bertz CT molecular complexity index is 922. The highest BCUT2D eigenvalue weighted by Gasteiger charge is 2.28. The Kier molecular flexibility index (Phi) is 5.85. The standard InChI is InChI=1S/C20H22ClNO5/c1-11-4-3-5-15(12(11)2)22-19(24)10-26-20(25)18-9-16(23)14-8-13(21)6-7-17(14)27-18/h6-9,11-12,15H,3-5,10H2,1-2H3,(H,22,24)/t11-,12+,15+/m0/s1. The van der Waals surface area contributed by atoms with E-state index < -0.39 is 18.0 Å². The van der Waals surface area contributed by atoms with Crippen molar-refractivity contribution in [3.05, 3.63) is 45.3 Å². The highest BCUT2D eigenvalue weighted by Crippen LogP contribution is 2.29. The van der Waals surface area contributed by atoms with Crippen LogP contribution in [0.1, 0.15) is 43.7 Å². The summed E-state index contributed by atoms with van der Waals surface area (Å²) < 4.78 is 10.4. The van der Waals surface area contributed by atoms with Crippen LogP contribution in [-0.4, -0.2) is 24.5 Å². The molecule has 1 aliphatic rings. The zero-order valence-corrected chi connectivity index (χ0v) is 16.0. The van der Waals surface area contributed by atoms with Crippen LogP contribution in [0.2, 0.25) is 5.02 Å². The molecule has 0 aliphatic heterocycles. The van der Waals surface area contributed by atoms with Gasteiger partial charge in [-0.25, -0.2) is 4.79 Å². The van der Waals surface area contributed by atoms with E-state index in [1.807, 2.05) is 0 Å². The molecule has 0 bridgehead atoms. The summed E-state index contributed by atoms with van der Waals surface area (Å²) in [5, 5.41) is 3.60. The van der Waals surface area contributed by atoms with Crippen LogP contribution < -0.4 is 10.7 Å². The minimum absolute atomic E-state index is 0.0864. The summed E-state index contributed by atoms with van der Waals surface area (Å²) in [6, 6.07) is 5.67. The summed E-state index contributed by atoms with van der Waals surface area (Å²) in [6.45, 7) is 3.88. The molecule has 27 heavy (non-hydrogen) atoms. The molecule has 1 saturated carbocycles. The predicted octanol–water partition coefficient (Wildman–Crippen LogP) is 3.54. The van der Waals surface area contributed by atoms with Crippen LogP contribution >= 0.6 is 11.6 Å². The molecule has 1 fully saturated rings. The lowest BCUT2D eigenvalue weighted by Gasteiger charge is -2.34. The second kappa shape index (κ2) is 8.13. The lowest BCUT2D eigenvalue weighted by atomic mass is 9.78. The van der Waals surface area contributed by atoms with Crippen LogP contribution in [-0.2, 0) is 9.53 Å². The van der Waals surface area contributed by atoms with Crippen molar-refractivity contribution in [3.8, 4) is 0 Å². The largest absolute Gasteiger partial charge is 0.450 e. The van der Waals surface area contributed by atoms with Gasteiger partial charge in [0.1, 0.15) is 5.58 Å². The number of halogens is 1. The average molecular weight is 392 g/mol. The summed E-state index contributed by atoms with van der Waals surface area (Å²) >= 11 is 5.86. The first kappa shape index (κ1) is 19.4. The number of rotatable bonds is 4. The molecule has 0 unspecified atom stereocenters. The molecular weight excluding hydrogens is 370 g/mol. The van der Waals surface area contributed by atoms with E-state index in [1.165, 1.54) is 12.1 Å². The molecule has 1 aliphatic carbocycles. The van der Waals surface area contributed by atoms with Crippen LogP contribution in [0.25, 0.3) is 11.0 Å². The molecule has 1 aromatic carbocycles. The van der Waals surface area contributed by atoms with Crippen molar-refractivity contribution in [3.63, 3.8) is 0 Å². The molecule has 6 nitrogen and oxygen atoms in total. The SMILES string of the molecule is C[C@@H]1[C@@H](C)CCC[C@H]1NC(=O)COC(=O)c1cc(=O)c2cc(Cl)ccc2o1. The fraction of sp³-hybridized carbons (Fsp3) is 0.450. The third-order valence-corrected chi connectivity index (χ3v) is 5.51. The van der Waals surface area contributed by atoms with Gasteiger partial charge in [0.15, 0.2) is 12.0 Å². The number of nitrogens with one attached hydrogen (secondary N) is 1. The maximum absolute atomic E-state index is 12.2. The van der Waals surface area contributed by atoms with E-state index in [9.17, 15) is 14.4 Å². The van der Waals surface area contributed by atoms with Gasteiger partial charge in [0.25, 0.3) is 5.91 Å². The third kappa shape index (κ3) is 4.50. The van der Waals surface area contributed by atoms with Crippen molar-refractivity contribution in [2.24, 2.45) is 11.8 Å². The van der Waals surface area contributed by atoms with E-state index in [1.54, 1.807) is 6.07 Å². The highest BCUT2D eigenvalue weighted by molar-refractivity contribution is 6.31. The van der Waals surface area contributed by atoms with Gasteiger partial charge in [-0.3, -0.25) is 9.59 Å². The lowest BCUT2D eigenvalue weighted by Crippen LogP contribution is -2.45. The Morgan fingerprint density at radius 2 is 2.04 bits per heavy atom. The molecular formula is C20H22ClNO5. The number of amides is 1. The summed E-state index contributed by atoms with van der Waals surface area (Å²) in [5.74, 6) is -0.536. The predicted molar refractivity (Wildman–Crippen MR) is 102 cm³/mol. The third-order valence-electron chi connectivity index (χ3n) is 5.28. The molecule has 144 valence electrons. The first-order chi connectivity index (χ1) is 12.8. The van der Waals surface area contributed by atoms with Gasteiger partial charge in [0.05, 0.1) is 5.39 Å². The average Bonchev–Trinajstić information content (AvgIpc) is 2.64. The monoisotopic (exact) mass is 391 g/mol. The fourth-order valence-corrected chi connectivity index (χ4v) is 3.64. The lowest BCUT2D eigenvalue weighted by molar-refractivity contribution is -0.125. The maximum atomic E-state index is 12.2. The molecule has 1 aromatic heterocycles. The van der Waals surface area contributed by atoms with Crippen LogP contribution in [0.5, 0.6) is 0 Å². The molecule has 3 rings (SSSR count). The van der Waals surface area contributed by atoms with Crippen molar-refractivity contribution in [1.29, 1.82) is 0 Å². The second-order valence-corrected chi connectivity index (χ2v) is 7.57. The fourth-order valence-electron chi connectivity index (χ4n) is 3.47. The zero-order valence-electron chi connectivity index (χ0n) is 15.3. The smallest absolute Gasteiger partial charge is 0.374 e. The first-order valence-electron chi connectivity index (χ1n) is 9.05. The van der Waals surface area contributed by atoms with E-state index >= 15 is 0 Å². The van der Waals surface area contributed by atoms with Gasteiger partial charge < -0.3 is 14.5 Å². The van der Waals surface area contributed by atoms with E-state index in [2.05, 4.69) is 19.2 Å². The van der Waals surface area contributed by atoms with Gasteiger partial charge in [-0.2, -0.15) is 0 Å². The normalized spacial score (nSPS) is 22.4. The molecule has 2 aromatic rings. The van der Waals surface area contributed by atoms with Gasteiger partial charge in [-0.1, -0.05) is 38.3 Å². The first-order valence-corrected chi connectivity index (χ1v) is 9.43. The van der Waals surface area contributed by atoms with Crippen molar-refractivity contribution < 1.29 is 18.7 Å². The number of esters is 1. The van der Waals surface area contributed by atoms with E-state index in [-0.39, 0.29) is 28.7 Å². The molecule has 0 radical (unpaired) electrons. The summed E-state index contributed by atoms with van der Waals surface area (Å²) in [4.78, 5) is 36.4. The topological polar surface area (TPSA) is 85.6 Å². The molecule has 1 heterocycles. The molecule has 0 saturated heterocycles. The Morgan fingerprint density at radius 1 is 1.26 bits per heavy atom. The summed E-state index contributed by atoms with van der Waals surface area (Å²) in [6.07, 6.45) is 3.16. The van der Waals surface area contributed by atoms with Gasteiger partial charge in [0, 0.05) is 17.1 Å². The molecule has 0 spiro atoms. The number of ether oxygens (including phenoxy) is 1. The van der Waals surface area contributed by atoms with Crippen molar-refractivity contribution in [2.45, 2.75) is 39.2 Å². The maximum Gasteiger partial charge on any atom is 0.374 e. The highest BCUT2D eigenvalue weighted by atomic mass is 35.5. The minimum Gasteiger partial charge on any atom is -0.450 e. The number of benzene rings is 1. The Labute approximate surface area is 161 Å². The molecule has 7 heteroatoms. The van der Waals surface area contributed by atoms with Gasteiger partial charge in [0.2, 0.25) is 5.76 Å². The summed E-state index contributed by atoms with van der Waals surface area (Å²) in [5.41, 5.74) is -0.173. The van der Waals surface area contributed by atoms with Crippen molar-refractivity contribution in [1.82, 2.24) is 5.32 Å². The molecule has 3 atom stereocenters. The van der Waals surface area contributed by atoms with Crippen LogP contribution in [0.3, 0.4) is 0 Å². The Hall–Kier alpha value is -2.34. The number of hydrogen-bond donors (Lipinski definition) is 1. The van der Waals surface area contributed by atoms with Crippen LogP contribution in [0.4, 0.5) is 0 Å². The van der Waals surface area contributed by atoms with Crippen molar-refractivity contribution >= 4 is 34.4 Å². The Morgan fingerprint density at radius 3 is 2.81 bits per heavy atom. The minimum atomic E-state index is -0.857. The molecule has 1 N–H and O–H groups in total. The van der Waals surface area contributed by atoms with Gasteiger partial charge >= 0.3 is 5.97 Å². The van der Waals surface area contributed by atoms with Gasteiger partial charge in [-0.15, -0.1) is 0 Å². The van der Waals surface area contributed by atoms with E-state index in [0.717, 1.165) is 25.3 Å². The van der Waals surface area contributed by atoms with Crippen molar-refractivity contribution in [2.75, 3.05) is 6.61 Å². The number of carbonyl (C=O) groups excluding carboxylic acids is 2. The number of fused-ring (bicyclic) bond motifs is 1. The number of carbonyl (C=O) groups is 2. The van der Waals surface area contributed by atoms with Crippen LogP contribution in [0, 0.1) is 11.8 Å². The Balaban J connectivity index is 1.62. The van der Waals surface area contributed by atoms with Crippen LogP contribution in [0.15, 0.2) is 33.5 Å². The quantitative estimate of drug-likeness (QED) is 0.805. The second-order valence-electron chi connectivity index (χ2n) is 7.13. The molecule has 1 amide bonds. The van der Waals surface area contributed by atoms with Gasteiger partial charge in [-0.05, 0) is 36.5 Å².